The highest BCUT2D eigenvalue weighted by Gasteiger charge is 2.25. The fourth-order valence-corrected chi connectivity index (χ4v) is 3.91. The van der Waals surface area contributed by atoms with Gasteiger partial charge in [0.05, 0.1) is 32.6 Å². The van der Waals surface area contributed by atoms with Crippen LogP contribution in [0.3, 0.4) is 0 Å². The van der Waals surface area contributed by atoms with Crippen molar-refractivity contribution in [1.82, 2.24) is 19.9 Å². The Hall–Kier alpha value is -3.59. The fraction of sp³-hybridized carbons (Fsp3) is 0.348. The number of anilines is 1. The van der Waals surface area contributed by atoms with Crippen LogP contribution in [-0.4, -0.2) is 71.3 Å². The number of para-hydroxylation sites is 3. The lowest BCUT2D eigenvalue weighted by atomic mass is 10.1. The molecule has 3 aromatic rings. The zero-order chi connectivity index (χ0) is 22.5. The first-order chi connectivity index (χ1) is 15.6. The largest absolute Gasteiger partial charge is 0.496 e. The first-order valence-electron chi connectivity index (χ1n) is 10.5. The first-order valence-corrected chi connectivity index (χ1v) is 10.5. The molecule has 0 aliphatic carbocycles. The average Bonchev–Trinajstić information content (AvgIpc) is 3.32. The fourth-order valence-electron chi connectivity index (χ4n) is 3.91. The van der Waals surface area contributed by atoms with Crippen molar-refractivity contribution in [1.29, 1.82) is 0 Å². The molecule has 168 valence electrons. The molecule has 1 fully saturated rings. The van der Waals surface area contributed by atoms with Crippen LogP contribution in [0.25, 0.3) is 0 Å². The molecule has 0 bridgehead atoms. The van der Waals surface area contributed by atoms with Gasteiger partial charge in [0.1, 0.15) is 17.6 Å². The molecule has 0 spiro atoms. The first kappa shape index (κ1) is 21.6. The number of nitrogens with zero attached hydrogens (tertiary/aromatic N) is 5. The van der Waals surface area contributed by atoms with Crippen LogP contribution in [0.4, 0.5) is 5.69 Å². The van der Waals surface area contributed by atoms with Crippen LogP contribution in [0.5, 0.6) is 11.5 Å². The van der Waals surface area contributed by atoms with Crippen molar-refractivity contribution in [3.8, 4) is 11.5 Å². The van der Waals surface area contributed by atoms with Gasteiger partial charge in [-0.15, -0.1) is 5.10 Å². The molecular formula is C23H27N5O4. The zero-order valence-corrected chi connectivity index (χ0v) is 18.2. The van der Waals surface area contributed by atoms with Crippen LogP contribution in [0.2, 0.25) is 0 Å². The van der Waals surface area contributed by atoms with Crippen LogP contribution in [0.1, 0.15) is 22.2 Å². The summed E-state index contributed by atoms with van der Waals surface area (Å²) < 4.78 is 12.2. The molecule has 1 saturated heterocycles. The maximum atomic E-state index is 12.9. The molecule has 1 aliphatic heterocycles. The smallest absolute Gasteiger partial charge is 0.276 e. The molecule has 1 aromatic heterocycles. The van der Waals surface area contributed by atoms with E-state index in [1.165, 1.54) is 4.68 Å². The van der Waals surface area contributed by atoms with Gasteiger partial charge in [0.25, 0.3) is 5.91 Å². The third-order valence-corrected chi connectivity index (χ3v) is 5.61. The Bertz CT molecular complexity index is 1060. The number of aromatic nitrogens is 3. The lowest BCUT2D eigenvalue weighted by Gasteiger charge is -2.36. The van der Waals surface area contributed by atoms with Crippen molar-refractivity contribution in [2.45, 2.75) is 12.6 Å². The number of benzene rings is 2. The van der Waals surface area contributed by atoms with E-state index in [-0.39, 0.29) is 18.1 Å². The minimum atomic E-state index is -0.833. The van der Waals surface area contributed by atoms with Crippen molar-refractivity contribution in [3.05, 3.63) is 66.0 Å². The number of aliphatic hydroxyl groups excluding tert-OH is 1. The molecule has 1 N–H and O–H groups in total. The standard InChI is InChI=1S/C23H27N5O4/c1-31-21-9-5-3-7-17(21)20(29)16-28-15-18(24-25-28)23(30)27-13-11-26(12-14-27)19-8-4-6-10-22(19)32-2/h3-10,15,20,29H,11-14,16H2,1-2H3/t20-/m0/s1. The van der Waals surface area contributed by atoms with Gasteiger partial charge in [0.2, 0.25) is 0 Å². The van der Waals surface area contributed by atoms with Gasteiger partial charge in [0, 0.05) is 31.7 Å². The van der Waals surface area contributed by atoms with E-state index >= 15 is 0 Å². The van der Waals surface area contributed by atoms with Crippen LogP contribution >= 0.6 is 0 Å². The number of rotatable bonds is 7. The maximum absolute atomic E-state index is 12.9. The van der Waals surface area contributed by atoms with E-state index in [1.54, 1.807) is 37.4 Å². The maximum Gasteiger partial charge on any atom is 0.276 e. The molecular weight excluding hydrogens is 410 g/mol. The van der Waals surface area contributed by atoms with Crippen molar-refractivity contribution in [2.75, 3.05) is 45.3 Å². The summed E-state index contributed by atoms with van der Waals surface area (Å²) in [5, 5.41) is 18.6. The summed E-state index contributed by atoms with van der Waals surface area (Å²) in [6.07, 6.45) is 0.744. The highest BCUT2D eigenvalue weighted by molar-refractivity contribution is 5.92. The van der Waals surface area contributed by atoms with Crippen molar-refractivity contribution < 1.29 is 19.4 Å². The number of amides is 1. The third kappa shape index (κ3) is 4.52. The normalized spacial score (nSPS) is 14.8. The lowest BCUT2D eigenvalue weighted by Crippen LogP contribution is -2.49. The van der Waals surface area contributed by atoms with Crippen molar-refractivity contribution in [3.63, 3.8) is 0 Å². The van der Waals surface area contributed by atoms with Gasteiger partial charge in [0.15, 0.2) is 5.69 Å². The number of ether oxygens (including phenoxy) is 2. The number of methoxy groups -OCH3 is 2. The molecule has 4 rings (SSSR count). The minimum absolute atomic E-state index is 0.164. The van der Waals surface area contributed by atoms with E-state index in [2.05, 4.69) is 15.2 Å². The van der Waals surface area contributed by atoms with Crippen molar-refractivity contribution >= 4 is 11.6 Å². The monoisotopic (exact) mass is 437 g/mol. The lowest BCUT2D eigenvalue weighted by molar-refractivity contribution is 0.0740. The molecule has 9 nitrogen and oxygen atoms in total. The zero-order valence-electron chi connectivity index (χ0n) is 18.2. The summed E-state index contributed by atoms with van der Waals surface area (Å²) in [7, 11) is 3.22. The molecule has 2 aromatic carbocycles. The predicted molar refractivity (Wildman–Crippen MR) is 119 cm³/mol. The second-order valence-corrected chi connectivity index (χ2v) is 7.53. The van der Waals surface area contributed by atoms with Gasteiger partial charge in [-0.25, -0.2) is 4.68 Å². The molecule has 2 heterocycles. The van der Waals surface area contributed by atoms with Crippen LogP contribution in [0, 0.1) is 0 Å². The Balaban J connectivity index is 1.37. The number of carbonyl (C=O) groups is 1. The number of piperazine rings is 1. The van der Waals surface area contributed by atoms with Crippen LogP contribution in [-0.2, 0) is 6.54 Å². The highest BCUT2D eigenvalue weighted by atomic mass is 16.5. The Morgan fingerprint density at radius 1 is 1.00 bits per heavy atom. The molecule has 0 unspecified atom stereocenters. The van der Waals surface area contributed by atoms with E-state index < -0.39 is 6.10 Å². The molecule has 9 heteroatoms. The van der Waals surface area contributed by atoms with Crippen LogP contribution < -0.4 is 14.4 Å². The topological polar surface area (TPSA) is 93.0 Å². The molecule has 1 atom stereocenters. The number of hydrogen-bond acceptors (Lipinski definition) is 7. The molecule has 0 radical (unpaired) electrons. The number of aliphatic hydroxyl groups is 1. The quantitative estimate of drug-likeness (QED) is 0.604. The number of hydrogen-bond donors (Lipinski definition) is 1. The Labute approximate surface area is 186 Å². The van der Waals surface area contributed by atoms with Gasteiger partial charge in [-0.2, -0.15) is 0 Å². The van der Waals surface area contributed by atoms with Gasteiger partial charge in [-0.05, 0) is 18.2 Å². The van der Waals surface area contributed by atoms with Crippen molar-refractivity contribution in [2.24, 2.45) is 0 Å². The number of carbonyl (C=O) groups excluding carboxylic acids is 1. The van der Waals surface area contributed by atoms with Gasteiger partial charge >= 0.3 is 0 Å². The highest BCUT2D eigenvalue weighted by Crippen LogP contribution is 2.29. The Kier molecular flexibility index (Phi) is 6.55. The van der Waals surface area contributed by atoms with E-state index in [0.717, 1.165) is 11.4 Å². The second-order valence-electron chi connectivity index (χ2n) is 7.53. The Morgan fingerprint density at radius 2 is 1.66 bits per heavy atom. The summed E-state index contributed by atoms with van der Waals surface area (Å²) in [5.41, 5.74) is 1.95. The summed E-state index contributed by atoms with van der Waals surface area (Å²) in [6, 6.07) is 15.1. The summed E-state index contributed by atoms with van der Waals surface area (Å²) >= 11 is 0. The second kappa shape index (κ2) is 9.69. The van der Waals surface area contributed by atoms with E-state index in [1.807, 2.05) is 36.4 Å². The van der Waals surface area contributed by atoms with Gasteiger partial charge < -0.3 is 24.4 Å². The van der Waals surface area contributed by atoms with Crippen LogP contribution in [0.15, 0.2) is 54.7 Å². The molecule has 32 heavy (non-hydrogen) atoms. The van der Waals surface area contributed by atoms with E-state index in [0.29, 0.717) is 37.5 Å². The molecule has 1 amide bonds. The minimum Gasteiger partial charge on any atom is -0.496 e. The predicted octanol–water partition coefficient (Wildman–Crippen LogP) is 1.99. The average molecular weight is 438 g/mol. The Morgan fingerprint density at radius 3 is 2.38 bits per heavy atom. The summed E-state index contributed by atoms with van der Waals surface area (Å²) in [5.74, 6) is 1.26. The molecule has 1 aliphatic rings. The molecule has 0 saturated carbocycles. The van der Waals surface area contributed by atoms with E-state index in [4.69, 9.17) is 9.47 Å². The summed E-state index contributed by atoms with van der Waals surface area (Å²) in [6.45, 7) is 2.73. The SMILES string of the molecule is COc1ccccc1[C@@H](O)Cn1cc(C(=O)N2CCN(c3ccccc3OC)CC2)nn1. The van der Waals surface area contributed by atoms with Gasteiger partial charge in [-0.1, -0.05) is 35.5 Å². The summed E-state index contributed by atoms with van der Waals surface area (Å²) in [4.78, 5) is 16.9. The van der Waals surface area contributed by atoms with Gasteiger partial charge in [-0.3, -0.25) is 4.79 Å². The van der Waals surface area contributed by atoms with E-state index in [9.17, 15) is 9.90 Å². The third-order valence-electron chi connectivity index (χ3n) is 5.61.